The summed E-state index contributed by atoms with van der Waals surface area (Å²) < 4.78 is 0. The van der Waals surface area contributed by atoms with Gasteiger partial charge in [0, 0.05) is 6.20 Å². The zero-order chi connectivity index (χ0) is 4.12. The largest absolute Gasteiger partial charge is 0.292 e. The van der Waals surface area contributed by atoms with Crippen LogP contribution >= 0.6 is 0 Å². The van der Waals surface area contributed by atoms with E-state index in [1.54, 1.807) is 6.08 Å². The molecule has 30 valence electrons. The maximum absolute atomic E-state index is 7.73. The Balaban J connectivity index is 2.62. The number of rotatable bonds is 1. The number of hydrogen-bond donors (Lipinski definition) is 2. The molecule has 0 aliphatic heterocycles. The van der Waals surface area contributed by atoms with Crippen molar-refractivity contribution in [3.8, 4) is 0 Å². The molecular weight excluding hydrogens is 66.0 g/mol. The molecule has 0 radical (unpaired) electrons. The summed E-state index contributed by atoms with van der Waals surface area (Å²) in [6.07, 6.45) is 3.12. The molecule has 2 nitrogen and oxygen atoms in total. The third-order valence-corrected chi connectivity index (χ3v) is 0.241. The van der Waals surface area contributed by atoms with E-state index in [1.807, 2.05) is 12.4 Å². The van der Waals surface area contributed by atoms with Crippen molar-refractivity contribution in [2.24, 2.45) is 0 Å². The molecule has 0 fully saturated rings. The number of allylic oxidation sites excluding steroid dienone is 1. The summed E-state index contributed by atoms with van der Waals surface area (Å²) in [5, 5.41) is 7.73. The molecule has 2 heteroatoms. The maximum Gasteiger partial charge on any atom is 0.0197 e. The van der Waals surface area contributed by atoms with Crippen LogP contribution in [0.3, 0.4) is 0 Å². The topological polar surface area (TPSA) is 32.3 Å². The molecule has 0 aliphatic carbocycles. The van der Waals surface area contributed by atoms with Gasteiger partial charge in [0.15, 0.2) is 0 Å². The monoisotopic (exact) mass is 73.1 g/mol. The van der Waals surface area contributed by atoms with E-state index in [-0.39, 0.29) is 0 Å². The second-order valence-corrected chi connectivity index (χ2v) is 0.629. The first kappa shape index (κ1) is 4.50. The Kier molecular flexibility index (Phi) is 3.15. The molecular formula is C3H7NO. The van der Waals surface area contributed by atoms with Crippen molar-refractivity contribution in [1.29, 1.82) is 0 Å². The van der Waals surface area contributed by atoms with E-state index < -0.39 is 0 Å². The van der Waals surface area contributed by atoms with Gasteiger partial charge in [-0.3, -0.25) is 10.7 Å². The maximum atomic E-state index is 7.73. The van der Waals surface area contributed by atoms with Gasteiger partial charge < -0.3 is 0 Å². The Morgan fingerprint density at radius 3 is 2.40 bits per heavy atom. The minimum Gasteiger partial charge on any atom is -0.292 e. The predicted octanol–water partition coefficient (Wildman–Crippen LogP) is 0.499. The van der Waals surface area contributed by atoms with E-state index >= 15 is 0 Å². The van der Waals surface area contributed by atoms with Gasteiger partial charge in [-0.2, -0.15) is 0 Å². The zero-order valence-electron chi connectivity index (χ0n) is 3.10. The first-order chi connectivity index (χ1) is 2.41. The van der Waals surface area contributed by atoms with E-state index in [2.05, 4.69) is 0 Å². The number of hydroxylamine groups is 1. The van der Waals surface area contributed by atoms with Crippen LogP contribution in [0.1, 0.15) is 6.92 Å². The Labute approximate surface area is 31.1 Å². The van der Waals surface area contributed by atoms with E-state index in [9.17, 15) is 0 Å². The van der Waals surface area contributed by atoms with Crippen LogP contribution in [0, 0.1) is 0 Å². The molecule has 0 rings (SSSR count). The van der Waals surface area contributed by atoms with Gasteiger partial charge in [0.2, 0.25) is 0 Å². The lowest BCUT2D eigenvalue weighted by atomic mass is 10.7. The molecule has 0 amide bonds. The minimum atomic E-state index is 1.43. The highest BCUT2D eigenvalue weighted by Crippen LogP contribution is 1.53. The van der Waals surface area contributed by atoms with Crippen molar-refractivity contribution in [3.05, 3.63) is 12.3 Å². The molecule has 0 aromatic carbocycles. The normalized spacial score (nSPS) is 9.20. The zero-order valence-corrected chi connectivity index (χ0v) is 3.10. The van der Waals surface area contributed by atoms with Crippen molar-refractivity contribution in [2.75, 3.05) is 0 Å². The van der Waals surface area contributed by atoms with Crippen LogP contribution in [0.25, 0.3) is 0 Å². The standard InChI is InChI=1S/C3H7NO/c1-2-3-4-5/h2-5H,1H3. The first-order valence-corrected chi connectivity index (χ1v) is 1.42. The summed E-state index contributed by atoms with van der Waals surface area (Å²) in [6, 6.07) is 0. The smallest absolute Gasteiger partial charge is 0.0197 e. The second-order valence-electron chi connectivity index (χ2n) is 0.629. The summed E-state index contributed by atoms with van der Waals surface area (Å²) in [5.74, 6) is 0. The van der Waals surface area contributed by atoms with Gasteiger partial charge in [0.1, 0.15) is 0 Å². The van der Waals surface area contributed by atoms with Crippen molar-refractivity contribution in [1.82, 2.24) is 5.48 Å². The van der Waals surface area contributed by atoms with Gasteiger partial charge in [0.05, 0.1) is 0 Å². The second kappa shape index (κ2) is 3.50. The summed E-state index contributed by atoms with van der Waals surface area (Å²) in [4.78, 5) is 0. The average molecular weight is 73.1 g/mol. The van der Waals surface area contributed by atoms with E-state index in [1.165, 1.54) is 6.20 Å². The lowest BCUT2D eigenvalue weighted by molar-refractivity contribution is 0.214. The van der Waals surface area contributed by atoms with E-state index in [0.29, 0.717) is 0 Å². The molecule has 0 aliphatic rings. The van der Waals surface area contributed by atoms with Crippen LogP contribution in [0.2, 0.25) is 0 Å². The fourth-order valence-electron chi connectivity index (χ4n) is 0.0745. The summed E-state index contributed by atoms with van der Waals surface area (Å²) in [7, 11) is 0. The molecule has 0 aromatic heterocycles. The molecule has 0 spiro atoms. The third-order valence-electron chi connectivity index (χ3n) is 0.241. The molecule has 5 heavy (non-hydrogen) atoms. The van der Waals surface area contributed by atoms with Crippen molar-refractivity contribution in [2.45, 2.75) is 6.92 Å². The SMILES string of the molecule is CC=CNO. The van der Waals surface area contributed by atoms with Gasteiger partial charge >= 0.3 is 0 Å². The lowest BCUT2D eigenvalue weighted by Gasteiger charge is -1.74. The summed E-state index contributed by atoms with van der Waals surface area (Å²) in [6.45, 7) is 1.81. The lowest BCUT2D eigenvalue weighted by Crippen LogP contribution is -1.90. The first-order valence-electron chi connectivity index (χ1n) is 1.42. The highest BCUT2D eigenvalue weighted by atomic mass is 16.5. The average Bonchev–Trinajstić information content (AvgIpc) is 1.41. The fourth-order valence-corrected chi connectivity index (χ4v) is 0.0745. The van der Waals surface area contributed by atoms with Gasteiger partial charge in [-0.15, -0.1) is 0 Å². The Morgan fingerprint density at radius 2 is 2.40 bits per heavy atom. The fraction of sp³-hybridized carbons (Fsp3) is 0.333. The molecule has 0 saturated heterocycles. The molecule has 2 N–H and O–H groups in total. The van der Waals surface area contributed by atoms with E-state index in [0.717, 1.165) is 0 Å². The summed E-state index contributed by atoms with van der Waals surface area (Å²) >= 11 is 0. The Bertz CT molecular complexity index is 33.9. The molecule has 0 bridgehead atoms. The number of nitrogens with one attached hydrogen (secondary N) is 1. The van der Waals surface area contributed by atoms with Crippen LogP contribution in [-0.4, -0.2) is 5.21 Å². The van der Waals surface area contributed by atoms with Crippen LogP contribution in [0.4, 0.5) is 0 Å². The predicted molar refractivity (Wildman–Crippen MR) is 19.7 cm³/mol. The molecule has 0 aromatic rings. The van der Waals surface area contributed by atoms with Crippen molar-refractivity contribution >= 4 is 0 Å². The minimum absolute atomic E-state index is 1.43. The van der Waals surface area contributed by atoms with Gasteiger partial charge in [-0.05, 0) is 6.92 Å². The Morgan fingerprint density at radius 1 is 1.80 bits per heavy atom. The van der Waals surface area contributed by atoms with Crippen molar-refractivity contribution < 1.29 is 5.21 Å². The van der Waals surface area contributed by atoms with Crippen LogP contribution in [0.5, 0.6) is 0 Å². The van der Waals surface area contributed by atoms with Gasteiger partial charge in [-0.1, -0.05) is 6.08 Å². The highest BCUT2D eigenvalue weighted by Gasteiger charge is 1.46. The quantitative estimate of drug-likeness (QED) is 0.443. The van der Waals surface area contributed by atoms with Crippen LogP contribution in [0.15, 0.2) is 12.3 Å². The summed E-state index contributed by atoms with van der Waals surface area (Å²) in [5.41, 5.74) is 1.84. The Hall–Kier alpha value is -0.500. The molecule has 0 heterocycles. The highest BCUT2D eigenvalue weighted by molar-refractivity contribution is 4.67. The third kappa shape index (κ3) is 3.50. The van der Waals surface area contributed by atoms with Crippen LogP contribution in [-0.2, 0) is 0 Å². The molecule has 0 saturated carbocycles. The molecule has 0 atom stereocenters. The molecule has 0 unspecified atom stereocenters. The number of hydrogen-bond acceptors (Lipinski definition) is 2. The van der Waals surface area contributed by atoms with Gasteiger partial charge in [0.25, 0.3) is 0 Å². The van der Waals surface area contributed by atoms with Crippen LogP contribution < -0.4 is 5.48 Å². The van der Waals surface area contributed by atoms with Crippen molar-refractivity contribution in [3.63, 3.8) is 0 Å². The van der Waals surface area contributed by atoms with Gasteiger partial charge in [-0.25, -0.2) is 0 Å². The van der Waals surface area contributed by atoms with E-state index in [4.69, 9.17) is 5.21 Å².